The molecule has 3 aromatic carbocycles. The predicted octanol–water partition coefficient (Wildman–Crippen LogP) is 5.00. The minimum Gasteiger partial charge on any atom is -0.493 e. The Morgan fingerprint density at radius 3 is 2.47 bits per heavy atom. The van der Waals surface area contributed by atoms with Gasteiger partial charge in [-0.1, -0.05) is 11.6 Å². The summed E-state index contributed by atoms with van der Waals surface area (Å²) < 4.78 is 16.5. The summed E-state index contributed by atoms with van der Waals surface area (Å²) in [5.74, 6) is 1.02. The van der Waals surface area contributed by atoms with E-state index in [-0.39, 0.29) is 12.3 Å². The maximum absolute atomic E-state index is 12.5. The molecule has 0 saturated heterocycles. The van der Waals surface area contributed by atoms with Crippen molar-refractivity contribution in [2.24, 2.45) is 5.10 Å². The summed E-state index contributed by atoms with van der Waals surface area (Å²) in [7, 11) is 1.52. The van der Waals surface area contributed by atoms with Gasteiger partial charge in [0.1, 0.15) is 12.4 Å². The average molecular weight is 484 g/mol. The number of halogens is 1. The van der Waals surface area contributed by atoms with Crippen molar-refractivity contribution >= 4 is 29.4 Å². The molecule has 1 amide bonds. The zero-order valence-electron chi connectivity index (χ0n) is 18.5. The van der Waals surface area contributed by atoms with Crippen molar-refractivity contribution in [3.8, 4) is 17.2 Å². The van der Waals surface area contributed by atoms with E-state index < -0.39 is 10.8 Å². The third kappa shape index (κ3) is 6.46. The summed E-state index contributed by atoms with van der Waals surface area (Å²) in [5, 5.41) is 15.3. The molecule has 176 valence electrons. The van der Waals surface area contributed by atoms with Crippen LogP contribution < -0.4 is 19.6 Å². The Labute approximate surface area is 201 Å². The topological polar surface area (TPSA) is 112 Å². The summed E-state index contributed by atoms with van der Waals surface area (Å²) in [4.78, 5) is 22.8. The van der Waals surface area contributed by atoms with E-state index in [0.29, 0.717) is 40.0 Å². The number of hydrogen-bond donors (Lipinski definition) is 1. The summed E-state index contributed by atoms with van der Waals surface area (Å²) in [6.45, 7) is 2.44. The smallest absolute Gasteiger partial charge is 0.271 e. The first-order valence-corrected chi connectivity index (χ1v) is 10.6. The van der Waals surface area contributed by atoms with Gasteiger partial charge < -0.3 is 14.2 Å². The molecule has 0 fully saturated rings. The Balaban J connectivity index is 1.68. The maximum Gasteiger partial charge on any atom is 0.271 e. The number of non-ortho nitro benzene ring substituents is 1. The molecular formula is C24H22ClN3O6. The highest BCUT2D eigenvalue weighted by Gasteiger charge is 2.11. The number of carbonyl (C=O) groups is 1. The van der Waals surface area contributed by atoms with Gasteiger partial charge in [0.05, 0.1) is 24.9 Å². The van der Waals surface area contributed by atoms with Crippen LogP contribution in [0.5, 0.6) is 17.2 Å². The number of hydrazone groups is 1. The van der Waals surface area contributed by atoms with E-state index in [9.17, 15) is 14.9 Å². The lowest BCUT2D eigenvalue weighted by Gasteiger charge is -2.11. The number of methoxy groups -OCH3 is 1. The molecule has 0 saturated carbocycles. The average Bonchev–Trinajstić information content (AvgIpc) is 2.84. The van der Waals surface area contributed by atoms with E-state index in [1.807, 2.05) is 6.92 Å². The van der Waals surface area contributed by atoms with E-state index in [4.69, 9.17) is 25.8 Å². The second-order valence-corrected chi connectivity index (χ2v) is 7.33. The number of nitro groups is 1. The van der Waals surface area contributed by atoms with Crippen molar-refractivity contribution in [2.75, 3.05) is 13.7 Å². The molecule has 1 N–H and O–H groups in total. The number of amides is 1. The van der Waals surface area contributed by atoms with Crippen LogP contribution in [0, 0.1) is 10.1 Å². The number of nitrogens with one attached hydrogen (secondary N) is 1. The molecule has 0 spiro atoms. The van der Waals surface area contributed by atoms with E-state index in [1.165, 1.54) is 25.5 Å². The van der Waals surface area contributed by atoms with E-state index >= 15 is 0 Å². The third-order valence-corrected chi connectivity index (χ3v) is 4.84. The van der Waals surface area contributed by atoms with E-state index in [1.54, 1.807) is 48.5 Å². The molecule has 10 heteroatoms. The molecule has 0 unspecified atom stereocenters. The van der Waals surface area contributed by atoms with Crippen LogP contribution in [0.4, 0.5) is 5.69 Å². The molecule has 0 atom stereocenters. The van der Waals surface area contributed by atoms with Gasteiger partial charge in [0.25, 0.3) is 11.6 Å². The first-order valence-electron chi connectivity index (χ1n) is 10.2. The van der Waals surface area contributed by atoms with Crippen LogP contribution in [0.2, 0.25) is 5.02 Å². The van der Waals surface area contributed by atoms with Crippen molar-refractivity contribution in [3.63, 3.8) is 0 Å². The number of rotatable bonds is 10. The van der Waals surface area contributed by atoms with Gasteiger partial charge >= 0.3 is 0 Å². The number of carbonyl (C=O) groups excluding carboxylic acids is 1. The molecule has 0 aliphatic heterocycles. The number of nitro benzene ring substituents is 1. The normalized spacial score (nSPS) is 10.7. The number of hydrogen-bond acceptors (Lipinski definition) is 7. The Kier molecular flexibility index (Phi) is 8.42. The fraction of sp³-hybridized carbons (Fsp3) is 0.167. The van der Waals surface area contributed by atoms with Crippen LogP contribution in [0.1, 0.15) is 28.4 Å². The van der Waals surface area contributed by atoms with Gasteiger partial charge in [-0.15, -0.1) is 0 Å². The maximum atomic E-state index is 12.5. The standard InChI is InChI=1S/C24H22ClN3O6/c1-3-33-23-13-17(6-10-22(23)32-2)24(29)27-26-14-18-12-19(25)7-11-21(18)34-15-16-4-8-20(9-5-16)28(30)31/h4-14H,3,15H2,1-2H3,(H,27,29)/b26-14+. The van der Waals surface area contributed by atoms with Crippen LogP contribution in [0.15, 0.2) is 65.8 Å². The van der Waals surface area contributed by atoms with Gasteiger partial charge in [-0.2, -0.15) is 5.10 Å². The second-order valence-electron chi connectivity index (χ2n) is 6.89. The lowest BCUT2D eigenvalue weighted by atomic mass is 10.2. The van der Waals surface area contributed by atoms with Crippen molar-refractivity contribution < 1.29 is 23.9 Å². The molecular weight excluding hydrogens is 462 g/mol. The van der Waals surface area contributed by atoms with Crippen LogP contribution in [-0.4, -0.2) is 30.8 Å². The Morgan fingerprint density at radius 1 is 1.06 bits per heavy atom. The van der Waals surface area contributed by atoms with Gasteiger partial charge in [0, 0.05) is 28.3 Å². The molecule has 3 aromatic rings. The van der Waals surface area contributed by atoms with Gasteiger partial charge in [0.2, 0.25) is 0 Å². The van der Waals surface area contributed by atoms with Crippen molar-refractivity contribution in [2.45, 2.75) is 13.5 Å². The van der Waals surface area contributed by atoms with Crippen molar-refractivity contribution in [1.29, 1.82) is 0 Å². The van der Waals surface area contributed by atoms with Crippen molar-refractivity contribution in [3.05, 3.63) is 92.5 Å². The Morgan fingerprint density at radius 2 is 1.79 bits per heavy atom. The quantitative estimate of drug-likeness (QED) is 0.247. The largest absolute Gasteiger partial charge is 0.493 e. The van der Waals surface area contributed by atoms with E-state index in [0.717, 1.165) is 5.56 Å². The molecule has 34 heavy (non-hydrogen) atoms. The molecule has 0 aromatic heterocycles. The van der Waals surface area contributed by atoms with Gasteiger partial charge in [-0.3, -0.25) is 14.9 Å². The number of ether oxygens (including phenoxy) is 3. The molecule has 0 aliphatic carbocycles. The highest BCUT2D eigenvalue weighted by Crippen LogP contribution is 2.28. The molecule has 9 nitrogen and oxygen atoms in total. The van der Waals surface area contributed by atoms with Crippen LogP contribution >= 0.6 is 11.6 Å². The van der Waals surface area contributed by atoms with Crippen LogP contribution in [0.3, 0.4) is 0 Å². The fourth-order valence-electron chi connectivity index (χ4n) is 2.94. The minimum atomic E-state index is -0.462. The van der Waals surface area contributed by atoms with Crippen LogP contribution in [-0.2, 0) is 6.61 Å². The lowest BCUT2D eigenvalue weighted by molar-refractivity contribution is -0.384. The fourth-order valence-corrected chi connectivity index (χ4v) is 3.12. The summed E-state index contributed by atoms with van der Waals surface area (Å²) in [6.07, 6.45) is 1.42. The summed E-state index contributed by atoms with van der Waals surface area (Å²) >= 11 is 6.10. The second kappa shape index (κ2) is 11.7. The monoisotopic (exact) mass is 483 g/mol. The SMILES string of the molecule is CCOc1cc(C(=O)N/N=C/c2cc(Cl)ccc2OCc2ccc([N+](=O)[O-])cc2)ccc1OC. The highest BCUT2D eigenvalue weighted by molar-refractivity contribution is 6.30. The van der Waals surface area contributed by atoms with Crippen LogP contribution in [0.25, 0.3) is 0 Å². The predicted molar refractivity (Wildman–Crippen MR) is 128 cm³/mol. The van der Waals surface area contributed by atoms with Gasteiger partial charge in [-0.05, 0) is 61.0 Å². The number of nitrogens with zero attached hydrogens (tertiary/aromatic N) is 2. The first-order chi connectivity index (χ1) is 16.4. The zero-order chi connectivity index (χ0) is 24.5. The third-order valence-electron chi connectivity index (χ3n) is 4.61. The highest BCUT2D eigenvalue weighted by atomic mass is 35.5. The van der Waals surface area contributed by atoms with Gasteiger partial charge in [0.15, 0.2) is 11.5 Å². The molecule has 3 rings (SSSR count). The zero-order valence-corrected chi connectivity index (χ0v) is 19.2. The number of benzene rings is 3. The minimum absolute atomic E-state index is 0.00374. The molecule has 0 aliphatic rings. The van der Waals surface area contributed by atoms with Crippen molar-refractivity contribution in [1.82, 2.24) is 5.43 Å². The molecule has 0 radical (unpaired) electrons. The lowest BCUT2D eigenvalue weighted by Crippen LogP contribution is -2.17. The Bertz CT molecular complexity index is 1200. The summed E-state index contributed by atoms with van der Waals surface area (Å²) in [5.41, 5.74) is 4.11. The van der Waals surface area contributed by atoms with E-state index in [2.05, 4.69) is 10.5 Å². The Hall–Kier alpha value is -4.11. The summed E-state index contributed by atoms with van der Waals surface area (Å²) in [6, 6.07) is 15.9. The molecule has 0 heterocycles. The van der Waals surface area contributed by atoms with Gasteiger partial charge in [-0.25, -0.2) is 5.43 Å². The molecule has 0 bridgehead atoms. The first kappa shape index (κ1) is 24.5.